The van der Waals surface area contributed by atoms with Crippen molar-refractivity contribution in [1.29, 1.82) is 0 Å². The number of hydrogen-bond acceptors (Lipinski definition) is 4. The Morgan fingerprint density at radius 1 is 1.53 bits per heavy atom. The number of carbonyl (C=O) groups is 1. The number of carbonyl (C=O) groups excluding carboxylic acids is 1. The summed E-state index contributed by atoms with van der Waals surface area (Å²) in [5.41, 5.74) is 0. The van der Waals surface area contributed by atoms with Gasteiger partial charge < -0.3 is 15.0 Å². The van der Waals surface area contributed by atoms with E-state index in [1.807, 2.05) is 25.8 Å². The first-order chi connectivity index (χ1) is 8.02. The van der Waals surface area contributed by atoms with Gasteiger partial charge in [-0.25, -0.2) is 4.39 Å². The molecule has 4 nitrogen and oxygen atoms in total. The van der Waals surface area contributed by atoms with Crippen molar-refractivity contribution >= 4 is 5.97 Å². The van der Waals surface area contributed by atoms with Gasteiger partial charge in [-0.15, -0.1) is 0 Å². The van der Waals surface area contributed by atoms with Crippen LogP contribution in [0, 0.1) is 0 Å². The van der Waals surface area contributed by atoms with Crippen molar-refractivity contribution in [3.63, 3.8) is 0 Å². The van der Waals surface area contributed by atoms with E-state index < -0.39 is 0 Å². The lowest BCUT2D eigenvalue weighted by molar-refractivity contribution is -0.149. The number of likely N-dealkylation sites (N-methyl/N-ethyl adjacent to an activating group) is 1. The first-order valence-corrected chi connectivity index (χ1v) is 6.24. The van der Waals surface area contributed by atoms with Crippen LogP contribution in [-0.2, 0) is 9.53 Å². The van der Waals surface area contributed by atoms with Gasteiger partial charge in [0, 0.05) is 19.1 Å². The van der Waals surface area contributed by atoms with Gasteiger partial charge in [0.25, 0.3) is 0 Å². The average Bonchev–Trinajstić information content (AvgIpc) is 2.65. The van der Waals surface area contributed by atoms with Crippen molar-refractivity contribution in [2.45, 2.75) is 44.9 Å². The largest absolute Gasteiger partial charge is 0.462 e. The van der Waals surface area contributed by atoms with Gasteiger partial charge in [0.1, 0.15) is 12.7 Å². The van der Waals surface area contributed by atoms with Gasteiger partial charge >= 0.3 is 5.97 Å². The monoisotopic (exact) mass is 246 g/mol. The molecule has 0 amide bonds. The Kier molecular flexibility index (Phi) is 5.85. The smallest absolute Gasteiger partial charge is 0.323 e. The predicted octanol–water partition coefficient (Wildman–Crippen LogP) is 0.960. The third kappa shape index (κ3) is 5.00. The van der Waals surface area contributed by atoms with E-state index in [1.165, 1.54) is 0 Å². The van der Waals surface area contributed by atoms with Gasteiger partial charge in [-0.1, -0.05) is 0 Å². The fourth-order valence-corrected chi connectivity index (χ4v) is 2.08. The van der Waals surface area contributed by atoms with Crippen molar-refractivity contribution in [3.05, 3.63) is 0 Å². The Morgan fingerprint density at radius 3 is 2.82 bits per heavy atom. The van der Waals surface area contributed by atoms with Crippen LogP contribution < -0.4 is 5.32 Å². The number of rotatable bonds is 6. The van der Waals surface area contributed by atoms with Gasteiger partial charge in [-0.3, -0.25) is 4.79 Å². The number of nitrogens with zero attached hydrogens (tertiary/aromatic N) is 1. The number of halogens is 1. The summed E-state index contributed by atoms with van der Waals surface area (Å²) < 4.78 is 17.3. The van der Waals surface area contributed by atoms with Crippen molar-refractivity contribution in [1.82, 2.24) is 10.2 Å². The Morgan fingerprint density at radius 2 is 2.24 bits per heavy atom. The summed E-state index contributed by atoms with van der Waals surface area (Å²) in [6.07, 6.45) is 1.67. The summed E-state index contributed by atoms with van der Waals surface area (Å²) >= 11 is 0. The molecule has 1 heterocycles. The SMILES string of the molecule is CC(C)OC(=O)C1CCC(CN(C)CCF)N1. The molecule has 100 valence electrons. The number of alkyl halides is 1. The summed E-state index contributed by atoms with van der Waals surface area (Å²) in [6, 6.07) is 0.0671. The lowest BCUT2D eigenvalue weighted by Gasteiger charge is -2.20. The Labute approximate surface area is 102 Å². The molecule has 1 aliphatic rings. The summed E-state index contributed by atoms with van der Waals surface area (Å²) in [6.45, 7) is 4.58. The second-order valence-corrected chi connectivity index (χ2v) is 4.93. The molecule has 0 aromatic carbocycles. The molecule has 2 atom stereocenters. The van der Waals surface area contributed by atoms with Crippen LogP contribution in [0.15, 0.2) is 0 Å². The maximum Gasteiger partial charge on any atom is 0.323 e. The van der Waals surface area contributed by atoms with Crippen LogP contribution in [0.1, 0.15) is 26.7 Å². The average molecular weight is 246 g/mol. The summed E-state index contributed by atoms with van der Waals surface area (Å²) in [5, 5.41) is 3.25. The quantitative estimate of drug-likeness (QED) is 0.709. The number of hydrogen-bond donors (Lipinski definition) is 1. The second-order valence-electron chi connectivity index (χ2n) is 4.93. The zero-order valence-electron chi connectivity index (χ0n) is 10.9. The number of nitrogens with one attached hydrogen (secondary N) is 1. The maximum absolute atomic E-state index is 12.1. The Balaban J connectivity index is 2.29. The molecule has 1 rings (SSSR count). The number of esters is 1. The lowest BCUT2D eigenvalue weighted by Crippen LogP contribution is -2.42. The van der Waals surface area contributed by atoms with Gasteiger partial charge in [-0.05, 0) is 33.7 Å². The molecule has 5 heteroatoms. The highest BCUT2D eigenvalue weighted by Crippen LogP contribution is 2.15. The Bertz CT molecular complexity index is 249. The fourth-order valence-electron chi connectivity index (χ4n) is 2.08. The van der Waals surface area contributed by atoms with Crippen LogP contribution in [0.4, 0.5) is 4.39 Å². The number of ether oxygens (including phenoxy) is 1. The minimum absolute atomic E-state index is 0.0717. The van der Waals surface area contributed by atoms with Gasteiger partial charge in [-0.2, -0.15) is 0 Å². The van der Waals surface area contributed by atoms with Crippen LogP contribution in [0.25, 0.3) is 0 Å². The lowest BCUT2D eigenvalue weighted by atomic mass is 10.2. The molecule has 1 saturated heterocycles. The highest BCUT2D eigenvalue weighted by Gasteiger charge is 2.30. The first-order valence-electron chi connectivity index (χ1n) is 6.24. The van der Waals surface area contributed by atoms with Gasteiger partial charge in [0.05, 0.1) is 6.10 Å². The van der Waals surface area contributed by atoms with E-state index in [9.17, 15) is 9.18 Å². The van der Waals surface area contributed by atoms with E-state index in [0.717, 1.165) is 19.4 Å². The van der Waals surface area contributed by atoms with Crippen molar-refractivity contribution in [2.75, 3.05) is 26.8 Å². The predicted molar refractivity (Wildman–Crippen MR) is 64.6 cm³/mol. The molecule has 0 aromatic heterocycles. The van der Waals surface area contributed by atoms with E-state index >= 15 is 0 Å². The highest BCUT2D eigenvalue weighted by atomic mass is 19.1. The molecule has 0 spiro atoms. The molecule has 1 aliphatic heterocycles. The van der Waals surface area contributed by atoms with E-state index in [-0.39, 0.29) is 30.8 Å². The van der Waals surface area contributed by atoms with Gasteiger partial charge in [0.2, 0.25) is 0 Å². The molecule has 0 aromatic rings. The molecule has 17 heavy (non-hydrogen) atoms. The third-order valence-corrected chi connectivity index (χ3v) is 2.88. The molecule has 1 fully saturated rings. The molecular weight excluding hydrogens is 223 g/mol. The molecular formula is C12H23FN2O2. The van der Waals surface area contributed by atoms with E-state index in [1.54, 1.807) is 0 Å². The topological polar surface area (TPSA) is 41.6 Å². The molecule has 0 radical (unpaired) electrons. The standard InChI is InChI=1S/C12H23FN2O2/c1-9(2)17-12(16)11-5-4-10(14-11)8-15(3)7-6-13/h9-11,14H,4-8H2,1-3H3. The maximum atomic E-state index is 12.1. The van der Waals surface area contributed by atoms with Crippen LogP contribution in [-0.4, -0.2) is 55.9 Å². The van der Waals surface area contributed by atoms with Crippen LogP contribution >= 0.6 is 0 Å². The normalized spacial score (nSPS) is 24.6. The van der Waals surface area contributed by atoms with Crippen LogP contribution in [0.5, 0.6) is 0 Å². The third-order valence-electron chi connectivity index (χ3n) is 2.88. The summed E-state index contributed by atoms with van der Waals surface area (Å²) in [5.74, 6) is -0.171. The van der Waals surface area contributed by atoms with Crippen LogP contribution in [0.3, 0.4) is 0 Å². The molecule has 0 saturated carbocycles. The van der Waals surface area contributed by atoms with Crippen molar-refractivity contribution in [3.8, 4) is 0 Å². The zero-order valence-corrected chi connectivity index (χ0v) is 10.9. The molecule has 2 unspecified atom stereocenters. The molecule has 0 bridgehead atoms. The van der Waals surface area contributed by atoms with Gasteiger partial charge in [0.15, 0.2) is 0 Å². The Hall–Kier alpha value is -0.680. The fraction of sp³-hybridized carbons (Fsp3) is 0.917. The zero-order chi connectivity index (χ0) is 12.8. The molecule has 1 N–H and O–H groups in total. The minimum Gasteiger partial charge on any atom is -0.462 e. The van der Waals surface area contributed by atoms with Crippen molar-refractivity contribution in [2.24, 2.45) is 0 Å². The van der Waals surface area contributed by atoms with Crippen molar-refractivity contribution < 1.29 is 13.9 Å². The summed E-state index contributed by atoms with van der Waals surface area (Å²) in [4.78, 5) is 13.6. The highest BCUT2D eigenvalue weighted by molar-refractivity contribution is 5.76. The van der Waals surface area contributed by atoms with E-state index in [2.05, 4.69) is 5.32 Å². The summed E-state index contributed by atoms with van der Waals surface area (Å²) in [7, 11) is 1.89. The first kappa shape index (κ1) is 14.4. The second kappa shape index (κ2) is 6.91. The van der Waals surface area contributed by atoms with Crippen LogP contribution in [0.2, 0.25) is 0 Å². The minimum atomic E-state index is -0.331. The molecule has 0 aliphatic carbocycles. The van der Waals surface area contributed by atoms with E-state index in [4.69, 9.17) is 4.74 Å². The van der Waals surface area contributed by atoms with E-state index in [0.29, 0.717) is 6.54 Å².